The van der Waals surface area contributed by atoms with Crippen molar-refractivity contribution in [1.29, 1.82) is 0 Å². The number of aryl methyl sites for hydroxylation is 2. The molecule has 1 aliphatic rings. The van der Waals surface area contributed by atoms with Gasteiger partial charge >= 0.3 is 0 Å². The van der Waals surface area contributed by atoms with Gasteiger partial charge in [0.1, 0.15) is 5.76 Å². The Morgan fingerprint density at radius 3 is 2.62 bits per heavy atom. The summed E-state index contributed by atoms with van der Waals surface area (Å²) in [5, 5.41) is 0. The quantitative estimate of drug-likeness (QED) is 0.639. The van der Waals surface area contributed by atoms with Crippen molar-refractivity contribution >= 4 is 0 Å². The highest BCUT2D eigenvalue weighted by molar-refractivity contribution is 5.58. The fourth-order valence-electron chi connectivity index (χ4n) is 3.91. The van der Waals surface area contributed by atoms with Gasteiger partial charge in [0.2, 0.25) is 5.89 Å². The molecule has 1 aromatic heterocycles. The monoisotopic (exact) mass is 346 g/mol. The average Bonchev–Trinajstić information content (AvgIpc) is 3.03. The lowest BCUT2D eigenvalue weighted by Crippen LogP contribution is -2.34. The van der Waals surface area contributed by atoms with E-state index in [1.165, 1.54) is 24.0 Å². The molecule has 3 nitrogen and oxygen atoms in total. The molecule has 3 heteroatoms. The molecule has 1 saturated heterocycles. The van der Waals surface area contributed by atoms with Crippen molar-refractivity contribution in [3.63, 3.8) is 0 Å². The predicted octanol–water partition coefficient (Wildman–Crippen LogP) is 5.34. The Kier molecular flexibility index (Phi) is 4.89. The van der Waals surface area contributed by atoms with Gasteiger partial charge in [-0.3, -0.25) is 4.90 Å². The van der Waals surface area contributed by atoms with Crippen LogP contribution in [0.3, 0.4) is 0 Å². The van der Waals surface area contributed by atoms with Crippen LogP contribution < -0.4 is 0 Å². The Morgan fingerprint density at radius 1 is 1.04 bits per heavy atom. The number of hydrogen-bond donors (Lipinski definition) is 0. The summed E-state index contributed by atoms with van der Waals surface area (Å²) in [5.74, 6) is 2.30. The van der Waals surface area contributed by atoms with Crippen LogP contribution in [0.15, 0.2) is 59.0 Å². The van der Waals surface area contributed by atoms with Gasteiger partial charge in [0.05, 0.1) is 5.69 Å². The molecule has 26 heavy (non-hydrogen) atoms. The second-order valence-corrected chi connectivity index (χ2v) is 7.32. The van der Waals surface area contributed by atoms with E-state index in [2.05, 4.69) is 54.3 Å². The summed E-state index contributed by atoms with van der Waals surface area (Å²) in [7, 11) is 0. The van der Waals surface area contributed by atoms with Crippen molar-refractivity contribution in [2.45, 2.75) is 39.2 Å². The SMILES string of the molecule is Cc1ccccc1-c1nc(CN2CCC[C@@H](c3ccccc3)C2)c(C)o1. The van der Waals surface area contributed by atoms with Crippen molar-refractivity contribution in [1.82, 2.24) is 9.88 Å². The molecule has 2 heterocycles. The molecule has 4 rings (SSSR count). The van der Waals surface area contributed by atoms with Gasteiger partial charge in [-0.25, -0.2) is 4.98 Å². The van der Waals surface area contributed by atoms with E-state index in [-0.39, 0.29) is 0 Å². The van der Waals surface area contributed by atoms with Crippen molar-refractivity contribution in [3.8, 4) is 11.5 Å². The van der Waals surface area contributed by atoms with Gasteiger partial charge in [0.25, 0.3) is 0 Å². The van der Waals surface area contributed by atoms with Crippen LogP contribution in [-0.2, 0) is 6.54 Å². The van der Waals surface area contributed by atoms with Gasteiger partial charge in [0, 0.05) is 18.7 Å². The summed E-state index contributed by atoms with van der Waals surface area (Å²) >= 11 is 0. The van der Waals surface area contributed by atoms with E-state index < -0.39 is 0 Å². The van der Waals surface area contributed by atoms with Crippen LogP contribution in [0.25, 0.3) is 11.5 Å². The zero-order valence-corrected chi connectivity index (χ0v) is 15.6. The first-order valence-corrected chi connectivity index (χ1v) is 9.50. The Bertz CT molecular complexity index is 869. The first kappa shape index (κ1) is 17.0. The Labute approximate surface area is 155 Å². The van der Waals surface area contributed by atoms with E-state index in [1.54, 1.807) is 0 Å². The second kappa shape index (κ2) is 7.46. The minimum atomic E-state index is 0.619. The van der Waals surface area contributed by atoms with E-state index in [4.69, 9.17) is 9.40 Å². The van der Waals surface area contributed by atoms with Crippen LogP contribution in [0.1, 0.15) is 41.3 Å². The highest BCUT2D eigenvalue weighted by Gasteiger charge is 2.23. The van der Waals surface area contributed by atoms with Crippen molar-refractivity contribution < 1.29 is 4.42 Å². The summed E-state index contributed by atoms with van der Waals surface area (Å²) in [4.78, 5) is 7.35. The van der Waals surface area contributed by atoms with Gasteiger partial charge in [-0.05, 0) is 56.3 Å². The van der Waals surface area contributed by atoms with Crippen LogP contribution in [0.4, 0.5) is 0 Å². The van der Waals surface area contributed by atoms with E-state index in [0.29, 0.717) is 5.92 Å². The minimum absolute atomic E-state index is 0.619. The number of nitrogens with zero attached hydrogens (tertiary/aromatic N) is 2. The van der Waals surface area contributed by atoms with Gasteiger partial charge in [-0.15, -0.1) is 0 Å². The summed E-state index contributed by atoms with van der Waals surface area (Å²) in [6.07, 6.45) is 2.51. The summed E-state index contributed by atoms with van der Waals surface area (Å²) < 4.78 is 6.00. The average molecular weight is 346 g/mol. The van der Waals surface area contributed by atoms with Crippen LogP contribution in [0.2, 0.25) is 0 Å². The summed E-state index contributed by atoms with van der Waals surface area (Å²) in [6.45, 7) is 7.22. The standard InChI is InChI=1S/C23H26N2O/c1-17-9-6-7-13-21(17)23-24-22(18(2)26-23)16-25-14-8-12-20(15-25)19-10-4-3-5-11-19/h3-7,9-11,13,20H,8,12,14-16H2,1-2H3/t20-/m1/s1. The highest BCUT2D eigenvalue weighted by atomic mass is 16.4. The largest absolute Gasteiger partial charge is 0.441 e. The smallest absolute Gasteiger partial charge is 0.226 e. The van der Waals surface area contributed by atoms with E-state index in [0.717, 1.165) is 42.5 Å². The molecular weight excluding hydrogens is 320 g/mol. The molecular formula is C23H26N2O. The number of oxazole rings is 1. The number of piperidine rings is 1. The van der Waals surface area contributed by atoms with Crippen molar-refractivity contribution in [3.05, 3.63) is 77.2 Å². The zero-order valence-electron chi connectivity index (χ0n) is 15.6. The highest BCUT2D eigenvalue weighted by Crippen LogP contribution is 2.29. The number of aromatic nitrogens is 1. The van der Waals surface area contributed by atoms with Crippen LogP contribution in [0.5, 0.6) is 0 Å². The Balaban J connectivity index is 1.50. The minimum Gasteiger partial charge on any atom is -0.441 e. The lowest BCUT2D eigenvalue weighted by atomic mass is 9.90. The van der Waals surface area contributed by atoms with E-state index in [9.17, 15) is 0 Å². The molecule has 1 fully saturated rings. The third kappa shape index (κ3) is 3.58. The molecule has 1 atom stereocenters. The number of benzene rings is 2. The normalized spacial score (nSPS) is 18.2. The van der Waals surface area contributed by atoms with Gasteiger partial charge in [-0.1, -0.05) is 48.5 Å². The van der Waals surface area contributed by atoms with Gasteiger partial charge in [-0.2, -0.15) is 0 Å². The Morgan fingerprint density at radius 2 is 1.81 bits per heavy atom. The lowest BCUT2D eigenvalue weighted by Gasteiger charge is -2.32. The molecule has 0 saturated carbocycles. The molecule has 134 valence electrons. The van der Waals surface area contributed by atoms with Crippen molar-refractivity contribution in [2.24, 2.45) is 0 Å². The van der Waals surface area contributed by atoms with Crippen molar-refractivity contribution in [2.75, 3.05) is 13.1 Å². The molecule has 2 aromatic carbocycles. The van der Waals surface area contributed by atoms with Crippen LogP contribution >= 0.6 is 0 Å². The van der Waals surface area contributed by atoms with Crippen LogP contribution in [-0.4, -0.2) is 23.0 Å². The first-order valence-electron chi connectivity index (χ1n) is 9.50. The maximum absolute atomic E-state index is 6.00. The summed E-state index contributed by atoms with van der Waals surface area (Å²) in [5.41, 5.74) is 4.80. The van der Waals surface area contributed by atoms with Gasteiger partial charge in [0.15, 0.2) is 0 Å². The summed E-state index contributed by atoms with van der Waals surface area (Å²) in [6, 6.07) is 19.2. The molecule has 0 spiro atoms. The second-order valence-electron chi connectivity index (χ2n) is 7.32. The zero-order chi connectivity index (χ0) is 17.9. The molecule has 0 bridgehead atoms. The number of likely N-dealkylation sites (tertiary alicyclic amines) is 1. The number of rotatable bonds is 4. The third-order valence-corrected chi connectivity index (χ3v) is 5.42. The maximum atomic E-state index is 6.00. The fraction of sp³-hybridized carbons (Fsp3) is 0.348. The topological polar surface area (TPSA) is 29.3 Å². The molecule has 1 aliphatic heterocycles. The Hall–Kier alpha value is -2.39. The molecule has 0 amide bonds. The van der Waals surface area contributed by atoms with Gasteiger partial charge < -0.3 is 4.42 Å². The molecule has 0 aliphatic carbocycles. The predicted molar refractivity (Wildman–Crippen MR) is 105 cm³/mol. The fourth-order valence-corrected chi connectivity index (χ4v) is 3.91. The van der Waals surface area contributed by atoms with E-state index in [1.807, 2.05) is 19.1 Å². The molecule has 3 aromatic rings. The van der Waals surface area contributed by atoms with E-state index >= 15 is 0 Å². The molecule has 0 N–H and O–H groups in total. The molecule has 0 unspecified atom stereocenters. The lowest BCUT2D eigenvalue weighted by molar-refractivity contribution is 0.197. The first-order chi connectivity index (χ1) is 12.7. The molecule has 0 radical (unpaired) electrons. The maximum Gasteiger partial charge on any atom is 0.226 e. The number of hydrogen-bond acceptors (Lipinski definition) is 3. The third-order valence-electron chi connectivity index (χ3n) is 5.42. The van der Waals surface area contributed by atoms with Crippen LogP contribution in [0, 0.1) is 13.8 Å².